The molecule has 2 saturated carbocycles. The van der Waals surface area contributed by atoms with E-state index in [2.05, 4.69) is 5.32 Å². The summed E-state index contributed by atoms with van der Waals surface area (Å²) in [5.41, 5.74) is 0. The number of hydrogen-bond acceptors (Lipinski definition) is 3. The fourth-order valence-corrected chi connectivity index (χ4v) is 3.24. The van der Waals surface area contributed by atoms with Crippen molar-refractivity contribution in [3.05, 3.63) is 0 Å². The first-order chi connectivity index (χ1) is 6.54. The Morgan fingerprint density at radius 3 is 2.57 bits per heavy atom. The van der Waals surface area contributed by atoms with Gasteiger partial charge in [0.1, 0.15) is 0 Å². The third kappa shape index (κ3) is 2.46. The molecule has 2 bridgehead atoms. The molecular formula is C9H17NO3S. The van der Waals surface area contributed by atoms with Crippen LogP contribution in [0, 0.1) is 11.8 Å². The molecule has 3 atom stereocenters. The molecule has 0 spiro atoms. The van der Waals surface area contributed by atoms with Crippen molar-refractivity contribution in [1.82, 2.24) is 5.32 Å². The number of nitrogens with one attached hydrogen (secondary N) is 1. The van der Waals surface area contributed by atoms with Gasteiger partial charge in [0.05, 0.1) is 5.75 Å². The van der Waals surface area contributed by atoms with Crippen LogP contribution in [0.5, 0.6) is 0 Å². The summed E-state index contributed by atoms with van der Waals surface area (Å²) < 4.78 is 29.5. The highest BCUT2D eigenvalue weighted by Gasteiger charge is 2.38. The summed E-state index contributed by atoms with van der Waals surface area (Å²) in [5, 5.41) is 3.23. The van der Waals surface area contributed by atoms with Crippen molar-refractivity contribution in [3.8, 4) is 0 Å². The molecule has 0 aromatic rings. The first-order valence-corrected chi connectivity index (χ1v) is 6.84. The normalized spacial score (nSPS) is 36.5. The molecule has 2 rings (SSSR count). The Bertz CT molecular complexity index is 301. The maximum atomic E-state index is 10.5. The predicted octanol–water partition coefficient (Wildman–Crippen LogP) is 0.652. The quantitative estimate of drug-likeness (QED) is 0.681. The van der Waals surface area contributed by atoms with Crippen LogP contribution in [0.2, 0.25) is 0 Å². The summed E-state index contributed by atoms with van der Waals surface area (Å²) in [6, 6.07) is 0.496. The van der Waals surface area contributed by atoms with Gasteiger partial charge in [-0.25, -0.2) is 0 Å². The molecule has 2 aliphatic carbocycles. The van der Waals surface area contributed by atoms with Gasteiger partial charge in [-0.15, -0.1) is 0 Å². The zero-order valence-electron chi connectivity index (χ0n) is 8.15. The molecular weight excluding hydrogens is 202 g/mol. The van der Waals surface area contributed by atoms with Gasteiger partial charge in [-0.05, 0) is 31.1 Å². The Morgan fingerprint density at radius 2 is 2.07 bits per heavy atom. The molecule has 0 aliphatic heterocycles. The average molecular weight is 219 g/mol. The Kier molecular flexibility index (Phi) is 2.81. The van der Waals surface area contributed by atoms with Crippen molar-refractivity contribution in [1.29, 1.82) is 0 Å². The largest absolute Gasteiger partial charge is 0.313 e. The lowest BCUT2D eigenvalue weighted by Gasteiger charge is -2.22. The minimum Gasteiger partial charge on any atom is -0.313 e. The maximum absolute atomic E-state index is 10.5. The van der Waals surface area contributed by atoms with Crippen molar-refractivity contribution in [3.63, 3.8) is 0 Å². The minimum absolute atomic E-state index is 0.166. The van der Waals surface area contributed by atoms with Crippen LogP contribution in [0.1, 0.15) is 25.7 Å². The van der Waals surface area contributed by atoms with Gasteiger partial charge in [-0.1, -0.05) is 6.42 Å². The van der Waals surface area contributed by atoms with Crippen molar-refractivity contribution in [2.75, 3.05) is 12.3 Å². The van der Waals surface area contributed by atoms with Crippen LogP contribution in [0.25, 0.3) is 0 Å². The van der Waals surface area contributed by atoms with Crippen LogP contribution in [0.4, 0.5) is 0 Å². The summed E-state index contributed by atoms with van der Waals surface area (Å²) in [7, 11) is -3.79. The van der Waals surface area contributed by atoms with Crippen LogP contribution >= 0.6 is 0 Å². The van der Waals surface area contributed by atoms with Gasteiger partial charge in [-0.2, -0.15) is 8.42 Å². The van der Waals surface area contributed by atoms with E-state index in [0.717, 1.165) is 11.8 Å². The fourth-order valence-electron chi connectivity index (χ4n) is 2.87. The van der Waals surface area contributed by atoms with Gasteiger partial charge in [0.25, 0.3) is 10.1 Å². The maximum Gasteiger partial charge on any atom is 0.266 e. The van der Waals surface area contributed by atoms with E-state index in [1.54, 1.807) is 0 Å². The molecule has 0 heterocycles. The molecule has 0 aromatic heterocycles. The van der Waals surface area contributed by atoms with Gasteiger partial charge in [-0.3, -0.25) is 4.55 Å². The van der Waals surface area contributed by atoms with E-state index in [0.29, 0.717) is 12.6 Å². The summed E-state index contributed by atoms with van der Waals surface area (Å²) >= 11 is 0. The highest BCUT2D eigenvalue weighted by Crippen LogP contribution is 2.44. The third-order valence-corrected chi connectivity index (χ3v) is 4.22. The van der Waals surface area contributed by atoms with Crippen molar-refractivity contribution < 1.29 is 13.0 Å². The van der Waals surface area contributed by atoms with E-state index in [-0.39, 0.29) is 5.75 Å². The SMILES string of the molecule is O=S(=O)(O)CCNC1CC2CCC1C2. The number of fused-ring (bicyclic) bond motifs is 2. The molecule has 2 fully saturated rings. The van der Waals surface area contributed by atoms with E-state index in [9.17, 15) is 8.42 Å². The molecule has 0 radical (unpaired) electrons. The molecule has 14 heavy (non-hydrogen) atoms. The first-order valence-electron chi connectivity index (χ1n) is 5.23. The average Bonchev–Trinajstić information content (AvgIpc) is 2.62. The fraction of sp³-hybridized carbons (Fsp3) is 1.00. The van der Waals surface area contributed by atoms with E-state index in [1.165, 1.54) is 25.7 Å². The van der Waals surface area contributed by atoms with Crippen molar-refractivity contribution in [2.45, 2.75) is 31.7 Å². The standard InChI is InChI=1S/C9H17NO3S/c11-14(12,13)4-3-10-9-6-7-1-2-8(9)5-7/h7-10H,1-6H2,(H,11,12,13). The number of hydrogen-bond donors (Lipinski definition) is 2. The molecule has 2 N–H and O–H groups in total. The summed E-state index contributed by atoms with van der Waals surface area (Å²) in [6.07, 6.45) is 5.13. The van der Waals surface area contributed by atoms with Gasteiger partial charge in [0.2, 0.25) is 0 Å². The zero-order chi connectivity index (χ0) is 10.2. The molecule has 5 heteroatoms. The highest BCUT2D eigenvalue weighted by molar-refractivity contribution is 7.85. The lowest BCUT2D eigenvalue weighted by molar-refractivity contribution is 0.357. The Labute approximate surface area is 84.8 Å². The Hall–Kier alpha value is -0.130. The van der Waals surface area contributed by atoms with Crippen LogP contribution < -0.4 is 5.32 Å². The van der Waals surface area contributed by atoms with E-state index in [1.807, 2.05) is 0 Å². The smallest absolute Gasteiger partial charge is 0.266 e. The predicted molar refractivity (Wildman–Crippen MR) is 53.7 cm³/mol. The Balaban J connectivity index is 1.72. The molecule has 0 aromatic carbocycles. The first kappa shape index (κ1) is 10.4. The van der Waals surface area contributed by atoms with Gasteiger partial charge in [0.15, 0.2) is 0 Å². The molecule has 4 nitrogen and oxygen atoms in total. The second kappa shape index (κ2) is 3.79. The lowest BCUT2D eigenvalue weighted by Crippen LogP contribution is -2.36. The van der Waals surface area contributed by atoms with Crippen LogP contribution in [-0.4, -0.2) is 31.3 Å². The van der Waals surface area contributed by atoms with Crippen LogP contribution in [0.3, 0.4) is 0 Å². The summed E-state index contributed by atoms with van der Waals surface area (Å²) in [5.74, 6) is 1.45. The third-order valence-electron chi connectivity index (χ3n) is 3.50. The van der Waals surface area contributed by atoms with Crippen molar-refractivity contribution in [2.24, 2.45) is 11.8 Å². The molecule has 0 amide bonds. The van der Waals surface area contributed by atoms with Crippen molar-refractivity contribution >= 4 is 10.1 Å². The summed E-state index contributed by atoms with van der Waals surface area (Å²) in [6.45, 7) is 0.382. The van der Waals surface area contributed by atoms with Gasteiger partial charge < -0.3 is 5.32 Å². The monoisotopic (exact) mass is 219 g/mol. The second-order valence-corrected chi connectivity index (χ2v) is 6.09. The summed E-state index contributed by atoms with van der Waals surface area (Å²) in [4.78, 5) is 0. The molecule has 2 aliphatic rings. The van der Waals surface area contributed by atoms with Crippen LogP contribution in [-0.2, 0) is 10.1 Å². The Morgan fingerprint density at radius 1 is 1.29 bits per heavy atom. The van der Waals surface area contributed by atoms with Gasteiger partial charge >= 0.3 is 0 Å². The van der Waals surface area contributed by atoms with Crippen LogP contribution in [0.15, 0.2) is 0 Å². The topological polar surface area (TPSA) is 66.4 Å². The van der Waals surface area contributed by atoms with E-state index in [4.69, 9.17) is 4.55 Å². The van der Waals surface area contributed by atoms with E-state index < -0.39 is 10.1 Å². The van der Waals surface area contributed by atoms with Gasteiger partial charge in [0, 0.05) is 12.6 Å². The molecule has 3 unspecified atom stereocenters. The highest BCUT2D eigenvalue weighted by atomic mass is 32.2. The zero-order valence-corrected chi connectivity index (χ0v) is 8.96. The minimum atomic E-state index is -3.79. The molecule has 0 saturated heterocycles. The lowest BCUT2D eigenvalue weighted by atomic mass is 9.95. The number of rotatable bonds is 4. The molecule has 82 valence electrons. The second-order valence-electron chi connectivity index (χ2n) is 4.52. The van der Waals surface area contributed by atoms with E-state index >= 15 is 0 Å².